The number of aliphatic carboxylic acids is 2. The summed E-state index contributed by atoms with van der Waals surface area (Å²) < 4.78 is 4.83. The number of aliphatic hydroxyl groups excluding tert-OH is 1. The van der Waals surface area contributed by atoms with Crippen molar-refractivity contribution in [2.24, 2.45) is 0 Å². The molecule has 4 N–H and O–H groups in total. The number of ketones is 1. The van der Waals surface area contributed by atoms with Gasteiger partial charge in [-0.05, 0) is 12.1 Å². The number of para-hydroxylation sites is 1. The van der Waals surface area contributed by atoms with Crippen LogP contribution in [0.1, 0.15) is 10.4 Å². The second kappa shape index (κ2) is 5.68. The van der Waals surface area contributed by atoms with E-state index in [1.54, 1.807) is 0 Å². The van der Waals surface area contributed by atoms with Crippen LogP contribution in [0.25, 0.3) is 0 Å². The minimum atomic E-state index is -3.51. The fraction of sp³-hybridized carbons (Fsp3) is 0.250. The summed E-state index contributed by atoms with van der Waals surface area (Å²) in [6.07, 6.45) is -2.82. The third-order valence-electron chi connectivity index (χ3n) is 2.65. The normalized spacial score (nSPS) is 14.9. The van der Waals surface area contributed by atoms with Gasteiger partial charge < -0.3 is 25.2 Å². The molecule has 0 amide bonds. The number of carbonyl (C=O) groups excluding carboxylic acids is 1. The molecule has 2 atom stereocenters. The van der Waals surface area contributed by atoms with E-state index < -0.39 is 29.4 Å². The number of carboxylic acids is 2. The molecule has 0 aliphatic carbocycles. The topological polar surface area (TPSA) is 141 Å². The van der Waals surface area contributed by atoms with Crippen LogP contribution in [0, 0.1) is 0 Å². The lowest BCUT2D eigenvalue weighted by Gasteiger charge is -2.25. The number of carbonyl (C=O) groups is 3. The van der Waals surface area contributed by atoms with Crippen molar-refractivity contribution in [2.45, 2.75) is 11.7 Å². The quantitative estimate of drug-likeness (QED) is 0.390. The van der Waals surface area contributed by atoms with Crippen molar-refractivity contribution in [3.8, 4) is 5.75 Å². The molecule has 2 unspecified atom stereocenters. The molecule has 0 spiro atoms. The Morgan fingerprint density at radius 2 is 1.75 bits per heavy atom. The molecule has 0 heterocycles. The van der Waals surface area contributed by atoms with Crippen molar-refractivity contribution >= 4 is 17.7 Å². The molecule has 0 fully saturated rings. The van der Waals surface area contributed by atoms with Crippen molar-refractivity contribution in [1.29, 1.82) is 0 Å². The molecule has 0 aliphatic rings. The molecule has 0 bridgehead atoms. The Kier molecular flexibility index (Phi) is 4.43. The van der Waals surface area contributed by atoms with Crippen molar-refractivity contribution in [3.05, 3.63) is 29.8 Å². The summed E-state index contributed by atoms with van der Waals surface area (Å²) in [5, 5.41) is 36.7. The second-order valence-electron chi connectivity index (χ2n) is 3.84. The van der Waals surface area contributed by atoms with Crippen molar-refractivity contribution in [1.82, 2.24) is 0 Å². The van der Waals surface area contributed by atoms with E-state index in [2.05, 4.69) is 0 Å². The van der Waals surface area contributed by atoms with E-state index in [1.165, 1.54) is 25.3 Å². The van der Waals surface area contributed by atoms with Gasteiger partial charge in [0.25, 0.3) is 5.60 Å². The highest BCUT2D eigenvalue weighted by molar-refractivity contribution is 6.18. The van der Waals surface area contributed by atoms with Crippen LogP contribution >= 0.6 is 0 Å². The van der Waals surface area contributed by atoms with E-state index in [0.29, 0.717) is 0 Å². The summed E-state index contributed by atoms with van der Waals surface area (Å²) in [4.78, 5) is 33.8. The molecule has 8 nitrogen and oxygen atoms in total. The number of ether oxygens (including phenoxy) is 1. The van der Waals surface area contributed by atoms with Gasteiger partial charge in [-0.3, -0.25) is 4.79 Å². The zero-order chi connectivity index (χ0) is 15.5. The van der Waals surface area contributed by atoms with Crippen LogP contribution in [-0.2, 0) is 9.59 Å². The summed E-state index contributed by atoms with van der Waals surface area (Å²) in [5.74, 6) is -5.77. The summed E-state index contributed by atoms with van der Waals surface area (Å²) in [5.41, 5.74) is -3.87. The first-order chi connectivity index (χ1) is 9.26. The van der Waals surface area contributed by atoms with Gasteiger partial charge in [0.1, 0.15) is 5.75 Å². The molecule has 0 saturated heterocycles. The van der Waals surface area contributed by atoms with Gasteiger partial charge in [-0.1, -0.05) is 12.1 Å². The molecule has 1 rings (SSSR count). The zero-order valence-electron chi connectivity index (χ0n) is 10.3. The third-order valence-corrected chi connectivity index (χ3v) is 2.65. The van der Waals surface area contributed by atoms with Gasteiger partial charge in [-0.2, -0.15) is 0 Å². The molecule has 0 aromatic heterocycles. The molecular formula is C12H12O8. The van der Waals surface area contributed by atoms with Gasteiger partial charge in [-0.25, -0.2) is 9.59 Å². The second-order valence-corrected chi connectivity index (χ2v) is 3.84. The molecule has 0 saturated carbocycles. The molecule has 8 heteroatoms. The lowest BCUT2D eigenvalue weighted by molar-refractivity contribution is -0.175. The molecule has 20 heavy (non-hydrogen) atoms. The molecule has 1 aromatic carbocycles. The third kappa shape index (κ3) is 2.46. The van der Waals surface area contributed by atoms with E-state index >= 15 is 0 Å². The molecule has 0 aliphatic heterocycles. The van der Waals surface area contributed by atoms with E-state index in [0.717, 1.165) is 6.07 Å². The van der Waals surface area contributed by atoms with Crippen molar-refractivity contribution in [2.75, 3.05) is 7.11 Å². The van der Waals surface area contributed by atoms with Gasteiger partial charge >= 0.3 is 11.9 Å². The van der Waals surface area contributed by atoms with E-state index in [-0.39, 0.29) is 11.3 Å². The number of carboxylic acid groups (broad SMARTS) is 2. The Morgan fingerprint density at radius 1 is 1.20 bits per heavy atom. The fourth-order valence-electron chi connectivity index (χ4n) is 1.55. The number of aliphatic hydroxyl groups is 2. The average molecular weight is 284 g/mol. The first-order valence-electron chi connectivity index (χ1n) is 5.31. The fourth-order valence-corrected chi connectivity index (χ4v) is 1.55. The van der Waals surface area contributed by atoms with Crippen molar-refractivity contribution < 1.29 is 39.5 Å². The Hall–Kier alpha value is -2.45. The highest BCUT2D eigenvalue weighted by Gasteiger charge is 2.55. The lowest BCUT2D eigenvalue weighted by Crippen LogP contribution is -2.58. The average Bonchev–Trinajstić information content (AvgIpc) is 2.44. The number of Topliss-reactive ketones (excluding diaryl/α,β-unsaturated/α-hetero) is 1. The van der Waals surface area contributed by atoms with Gasteiger partial charge in [0.05, 0.1) is 12.7 Å². The zero-order valence-corrected chi connectivity index (χ0v) is 10.3. The molecule has 0 radical (unpaired) electrons. The maximum absolute atomic E-state index is 12.1. The molecule has 108 valence electrons. The van der Waals surface area contributed by atoms with Crippen LogP contribution in [0.5, 0.6) is 5.75 Å². The highest BCUT2D eigenvalue weighted by Crippen LogP contribution is 2.25. The van der Waals surface area contributed by atoms with Crippen molar-refractivity contribution in [3.63, 3.8) is 0 Å². The van der Waals surface area contributed by atoms with Crippen LogP contribution in [0.2, 0.25) is 0 Å². The SMILES string of the molecule is COc1ccccc1C(=O)C(O)(C(=O)O)C(O)C(=O)O. The summed E-state index contributed by atoms with van der Waals surface area (Å²) in [6.45, 7) is 0. The summed E-state index contributed by atoms with van der Waals surface area (Å²) in [6, 6.07) is 5.32. The smallest absolute Gasteiger partial charge is 0.347 e. The molecule has 1 aromatic rings. The predicted molar refractivity (Wildman–Crippen MR) is 63.6 cm³/mol. The van der Waals surface area contributed by atoms with Gasteiger partial charge in [0, 0.05) is 0 Å². The van der Waals surface area contributed by atoms with E-state index in [4.69, 9.17) is 14.9 Å². The Balaban J connectivity index is 3.39. The Bertz CT molecular complexity index is 552. The Labute approximate surface area is 112 Å². The highest BCUT2D eigenvalue weighted by atomic mass is 16.5. The summed E-state index contributed by atoms with van der Waals surface area (Å²) >= 11 is 0. The maximum atomic E-state index is 12.1. The van der Waals surface area contributed by atoms with E-state index in [9.17, 15) is 24.6 Å². The number of benzene rings is 1. The summed E-state index contributed by atoms with van der Waals surface area (Å²) in [7, 11) is 1.21. The first-order valence-corrected chi connectivity index (χ1v) is 5.31. The van der Waals surface area contributed by atoms with Gasteiger partial charge in [0.2, 0.25) is 5.78 Å². The molecular weight excluding hydrogens is 272 g/mol. The predicted octanol–water partition coefficient (Wildman–Crippen LogP) is -0.861. The minimum Gasteiger partial charge on any atom is -0.496 e. The first kappa shape index (κ1) is 15.6. The number of hydrogen-bond donors (Lipinski definition) is 4. The maximum Gasteiger partial charge on any atom is 0.347 e. The van der Waals surface area contributed by atoms with Crippen LogP contribution in [0.15, 0.2) is 24.3 Å². The number of methoxy groups -OCH3 is 1. The van der Waals surface area contributed by atoms with Crippen LogP contribution < -0.4 is 4.74 Å². The number of hydrogen-bond acceptors (Lipinski definition) is 6. The van der Waals surface area contributed by atoms with E-state index in [1.807, 2.05) is 0 Å². The lowest BCUT2D eigenvalue weighted by atomic mass is 9.87. The number of rotatable bonds is 6. The van der Waals surface area contributed by atoms with Crippen LogP contribution in [-0.4, -0.2) is 57.0 Å². The minimum absolute atomic E-state index is 0.0604. The van der Waals surface area contributed by atoms with Gasteiger partial charge in [0.15, 0.2) is 6.10 Å². The monoisotopic (exact) mass is 284 g/mol. The largest absolute Gasteiger partial charge is 0.496 e. The Morgan fingerprint density at radius 3 is 2.20 bits per heavy atom. The van der Waals surface area contributed by atoms with Crippen LogP contribution in [0.3, 0.4) is 0 Å². The van der Waals surface area contributed by atoms with Gasteiger partial charge in [-0.15, -0.1) is 0 Å². The standard InChI is InChI=1S/C12H12O8/c1-20-7-5-3-2-4-6(7)8(13)12(19,11(17)18)9(14)10(15)16/h2-5,9,14,19H,1H3,(H,15,16)(H,17,18). The van der Waals surface area contributed by atoms with Crippen LogP contribution in [0.4, 0.5) is 0 Å².